The Morgan fingerprint density at radius 1 is 1.35 bits per heavy atom. The fraction of sp³-hybridized carbons (Fsp3) is 0.357. The van der Waals surface area contributed by atoms with Gasteiger partial charge >= 0.3 is 0 Å². The number of hydrogen-bond acceptors (Lipinski definition) is 5. The molecule has 0 aliphatic carbocycles. The molecule has 1 heterocycles. The van der Waals surface area contributed by atoms with Crippen molar-refractivity contribution < 1.29 is 9.21 Å². The van der Waals surface area contributed by atoms with E-state index in [1.165, 1.54) is 11.8 Å². The van der Waals surface area contributed by atoms with Crippen LogP contribution in [0.2, 0.25) is 0 Å². The Bertz CT molecular complexity index is 598. The fourth-order valence-electron chi connectivity index (χ4n) is 1.84. The Labute approximate surface area is 122 Å². The lowest BCUT2D eigenvalue weighted by molar-refractivity contribution is -0.116. The van der Waals surface area contributed by atoms with Gasteiger partial charge in [0.2, 0.25) is 11.8 Å². The van der Waals surface area contributed by atoms with Crippen molar-refractivity contribution in [2.45, 2.75) is 26.0 Å². The highest BCUT2D eigenvalue weighted by Gasteiger charge is 2.15. The molecule has 0 spiro atoms. The molecule has 2 rings (SSSR count). The first-order valence-corrected chi connectivity index (χ1v) is 7.38. The van der Waals surface area contributed by atoms with Crippen LogP contribution in [-0.2, 0) is 4.79 Å². The largest absolute Gasteiger partial charge is 0.416 e. The van der Waals surface area contributed by atoms with Gasteiger partial charge in [0.25, 0.3) is 5.22 Å². The van der Waals surface area contributed by atoms with Crippen molar-refractivity contribution in [3.8, 4) is 0 Å². The molecule has 0 saturated heterocycles. The minimum absolute atomic E-state index is 0.0268. The minimum atomic E-state index is 0.0268. The fourth-order valence-corrected chi connectivity index (χ4v) is 2.52. The smallest absolute Gasteiger partial charge is 0.277 e. The average Bonchev–Trinajstić information content (AvgIpc) is 2.83. The van der Waals surface area contributed by atoms with Crippen LogP contribution in [0, 0.1) is 13.8 Å². The van der Waals surface area contributed by atoms with Crippen molar-refractivity contribution in [1.29, 1.82) is 0 Å². The van der Waals surface area contributed by atoms with E-state index in [0.717, 1.165) is 11.3 Å². The lowest BCUT2D eigenvalue weighted by Crippen LogP contribution is -2.32. The zero-order valence-corrected chi connectivity index (χ0v) is 12.6. The monoisotopic (exact) mass is 291 g/mol. The van der Waals surface area contributed by atoms with E-state index in [4.69, 9.17) is 4.42 Å². The van der Waals surface area contributed by atoms with E-state index in [9.17, 15) is 4.79 Å². The topological polar surface area (TPSA) is 59.2 Å². The first-order chi connectivity index (χ1) is 9.60. The van der Waals surface area contributed by atoms with E-state index >= 15 is 0 Å². The van der Waals surface area contributed by atoms with Gasteiger partial charge in [0.1, 0.15) is 0 Å². The number of carbonyl (C=O) groups is 1. The molecule has 1 amide bonds. The standard InChI is InChI=1S/C14H17N3O2S/c1-4-17(12-7-5-6-10(2)8-12)13(18)9-20-14-16-15-11(3)19-14/h5-8H,4,9H2,1-3H3. The molecule has 1 aromatic heterocycles. The van der Waals surface area contributed by atoms with Crippen molar-refractivity contribution in [3.05, 3.63) is 35.7 Å². The molecule has 1 aromatic carbocycles. The summed E-state index contributed by atoms with van der Waals surface area (Å²) in [7, 11) is 0. The van der Waals surface area contributed by atoms with Crippen LogP contribution in [0.1, 0.15) is 18.4 Å². The molecule has 2 aromatic rings. The van der Waals surface area contributed by atoms with Crippen LogP contribution in [0.25, 0.3) is 0 Å². The van der Waals surface area contributed by atoms with Gasteiger partial charge in [-0.3, -0.25) is 4.79 Å². The van der Waals surface area contributed by atoms with Crippen LogP contribution >= 0.6 is 11.8 Å². The summed E-state index contributed by atoms with van der Waals surface area (Å²) in [6.45, 7) is 6.33. The van der Waals surface area contributed by atoms with E-state index in [-0.39, 0.29) is 11.7 Å². The highest BCUT2D eigenvalue weighted by Crippen LogP contribution is 2.20. The quantitative estimate of drug-likeness (QED) is 0.793. The van der Waals surface area contributed by atoms with Gasteiger partial charge in [0.15, 0.2) is 0 Å². The molecule has 0 aliphatic rings. The highest BCUT2D eigenvalue weighted by molar-refractivity contribution is 7.99. The van der Waals surface area contributed by atoms with Gasteiger partial charge in [-0.05, 0) is 31.5 Å². The summed E-state index contributed by atoms with van der Waals surface area (Å²) in [5.74, 6) is 0.814. The maximum Gasteiger partial charge on any atom is 0.277 e. The molecule has 0 saturated carbocycles. The van der Waals surface area contributed by atoms with Crippen LogP contribution in [0.3, 0.4) is 0 Å². The summed E-state index contributed by atoms with van der Waals surface area (Å²) in [5.41, 5.74) is 2.05. The molecule has 0 N–H and O–H groups in total. The second kappa shape index (κ2) is 6.56. The normalized spacial score (nSPS) is 10.6. The Morgan fingerprint density at radius 3 is 2.75 bits per heavy atom. The Balaban J connectivity index is 2.02. The van der Waals surface area contributed by atoms with Crippen molar-refractivity contribution in [1.82, 2.24) is 10.2 Å². The predicted octanol–water partition coefficient (Wildman–Crippen LogP) is 2.83. The number of aromatic nitrogens is 2. The van der Waals surface area contributed by atoms with Gasteiger partial charge in [-0.1, -0.05) is 23.9 Å². The summed E-state index contributed by atoms with van der Waals surface area (Å²) < 4.78 is 5.24. The molecular weight excluding hydrogens is 274 g/mol. The van der Waals surface area contributed by atoms with Crippen LogP contribution in [-0.4, -0.2) is 28.4 Å². The molecule has 0 fully saturated rings. The van der Waals surface area contributed by atoms with Crippen molar-refractivity contribution in [2.24, 2.45) is 0 Å². The summed E-state index contributed by atoms with van der Waals surface area (Å²) in [6, 6.07) is 7.91. The number of rotatable bonds is 5. The van der Waals surface area contributed by atoms with Crippen LogP contribution < -0.4 is 4.90 Å². The lowest BCUT2D eigenvalue weighted by Gasteiger charge is -2.21. The number of nitrogens with zero attached hydrogens (tertiary/aromatic N) is 3. The maximum absolute atomic E-state index is 12.3. The average molecular weight is 291 g/mol. The molecule has 5 nitrogen and oxygen atoms in total. The minimum Gasteiger partial charge on any atom is -0.416 e. The highest BCUT2D eigenvalue weighted by atomic mass is 32.2. The third-order valence-corrected chi connectivity index (χ3v) is 3.56. The first kappa shape index (κ1) is 14.6. The lowest BCUT2D eigenvalue weighted by atomic mass is 10.2. The third kappa shape index (κ3) is 3.60. The molecule has 0 aliphatic heterocycles. The maximum atomic E-state index is 12.3. The molecule has 0 atom stereocenters. The van der Waals surface area contributed by atoms with Gasteiger partial charge in [0.05, 0.1) is 5.75 Å². The van der Waals surface area contributed by atoms with E-state index in [2.05, 4.69) is 10.2 Å². The third-order valence-electron chi connectivity index (χ3n) is 2.76. The molecule has 6 heteroatoms. The van der Waals surface area contributed by atoms with E-state index in [1.54, 1.807) is 11.8 Å². The van der Waals surface area contributed by atoms with Crippen molar-refractivity contribution in [3.63, 3.8) is 0 Å². The van der Waals surface area contributed by atoms with Gasteiger partial charge in [-0.2, -0.15) is 0 Å². The molecule has 20 heavy (non-hydrogen) atoms. The van der Waals surface area contributed by atoms with Crippen LogP contribution in [0.5, 0.6) is 0 Å². The van der Waals surface area contributed by atoms with Crippen LogP contribution in [0.15, 0.2) is 33.9 Å². The molecule has 0 bridgehead atoms. The van der Waals surface area contributed by atoms with Crippen molar-refractivity contribution in [2.75, 3.05) is 17.2 Å². The first-order valence-electron chi connectivity index (χ1n) is 6.40. The summed E-state index contributed by atoms with van der Waals surface area (Å²) in [4.78, 5) is 14.0. The van der Waals surface area contributed by atoms with E-state index in [1.807, 2.05) is 38.1 Å². The number of aryl methyl sites for hydroxylation is 2. The van der Waals surface area contributed by atoms with Crippen molar-refractivity contribution >= 4 is 23.4 Å². The second-order valence-electron chi connectivity index (χ2n) is 4.35. The Hall–Kier alpha value is -1.82. The van der Waals surface area contributed by atoms with Gasteiger partial charge in [-0.15, -0.1) is 10.2 Å². The number of amides is 1. The van der Waals surface area contributed by atoms with Gasteiger partial charge < -0.3 is 9.32 Å². The molecular formula is C14H17N3O2S. The molecule has 0 radical (unpaired) electrons. The summed E-state index contributed by atoms with van der Waals surface area (Å²) in [6.07, 6.45) is 0. The zero-order valence-electron chi connectivity index (χ0n) is 11.8. The number of hydrogen-bond donors (Lipinski definition) is 0. The Kier molecular flexibility index (Phi) is 4.79. The van der Waals surface area contributed by atoms with Crippen LogP contribution in [0.4, 0.5) is 5.69 Å². The molecule has 106 valence electrons. The number of anilines is 1. The van der Waals surface area contributed by atoms with Gasteiger partial charge in [0, 0.05) is 19.2 Å². The van der Waals surface area contributed by atoms with Gasteiger partial charge in [-0.25, -0.2) is 0 Å². The second-order valence-corrected chi connectivity index (χ2v) is 5.28. The SMILES string of the molecule is CCN(C(=O)CSc1nnc(C)o1)c1cccc(C)c1. The number of benzene rings is 1. The van der Waals surface area contributed by atoms with E-state index in [0.29, 0.717) is 17.7 Å². The Morgan fingerprint density at radius 2 is 2.15 bits per heavy atom. The molecule has 0 unspecified atom stereocenters. The predicted molar refractivity (Wildman–Crippen MR) is 79.0 cm³/mol. The summed E-state index contributed by atoms with van der Waals surface area (Å²) in [5, 5.41) is 8.03. The summed E-state index contributed by atoms with van der Waals surface area (Å²) >= 11 is 1.26. The number of carbonyl (C=O) groups excluding carboxylic acids is 1. The number of thioether (sulfide) groups is 1. The zero-order chi connectivity index (χ0) is 14.5. The van der Waals surface area contributed by atoms with E-state index < -0.39 is 0 Å².